The monoisotopic (exact) mass is 371 g/mol. The summed E-state index contributed by atoms with van der Waals surface area (Å²) in [6, 6.07) is 3.88. The van der Waals surface area contributed by atoms with Gasteiger partial charge in [-0.25, -0.2) is 26.9 Å². The number of nitrogens with zero attached hydrogens (tertiary/aromatic N) is 5. The number of aromatic nitrogens is 5. The lowest BCUT2D eigenvalue weighted by atomic mass is 10.2. The SMILES string of the molecule is Fc1cc(-c2ccc3nnc(C(F)F)n3n2)cnc1OC[C@@H]1CC1(F)F. The van der Waals surface area contributed by atoms with Crippen molar-refractivity contribution in [3.8, 4) is 17.1 Å². The predicted molar refractivity (Wildman–Crippen MR) is 77.5 cm³/mol. The van der Waals surface area contributed by atoms with E-state index in [1.54, 1.807) is 0 Å². The quantitative estimate of drug-likeness (QED) is 0.644. The molecule has 0 spiro atoms. The van der Waals surface area contributed by atoms with E-state index in [2.05, 4.69) is 20.3 Å². The number of halogens is 5. The van der Waals surface area contributed by atoms with Crippen molar-refractivity contribution in [3.05, 3.63) is 36.0 Å². The molecule has 0 saturated heterocycles. The Morgan fingerprint density at radius 3 is 2.69 bits per heavy atom. The summed E-state index contributed by atoms with van der Waals surface area (Å²) in [4.78, 5) is 3.76. The summed E-state index contributed by atoms with van der Waals surface area (Å²) in [5, 5.41) is 10.9. The van der Waals surface area contributed by atoms with Crippen LogP contribution in [0, 0.1) is 11.7 Å². The molecule has 0 bridgehead atoms. The molecule has 1 saturated carbocycles. The van der Waals surface area contributed by atoms with Gasteiger partial charge in [0.1, 0.15) is 0 Å². The van der Waals surface area contributed by atoms with Gasteiger partial charge in [-0.2, -0.15) is 9.61 Å². The van der Waals surface area contributed by atoms with Crippen molar-refractivity contribution in [1.29, 1.82) is 0 Å². The molecule has 0 aromatic carbocycles. The van der Waals surface area contributed by atoms with E-state index in [0.29, 0.717) is 0 Å². The van der Waals surface area contributed by atoms with E-state index in [1.807, 2.05) is 0 Å². The molecule has 3 aromatic heterocycles. The molecule has 3 heterocycles. The minimum atomic E-state index is -2.88. The maximum atomic E-state index is 14.1. The van der Waals surface area contributed by atoms with E-state index in [0.717, 1.165) is 10.6 Å². The van der Waals surface area contributed by atoms with Gasteiger partial charge in [0.15, 0.2) is 11.5 Å². The summed E-state index contributed by atoms with van der Waals surface area (Å²) < 4.78 is 71.3. The van der Waals surface area contributed by atoms with Gasteiger partial charge in [-0.15, -0.1) is 10.2 Å². The molecule has 1 fully saturated rings. The van der Waals surface area contributed by atoms with E-state index in [9.17, 15) is 22.0 Å². The summed E-state index contributed by atoms with van der Waals surface area (Å²) in [6.45, 7) is -0.334. The predicted octanol–water partition coefficient (Wildman–Crippen LogP) is 3.30. The Kier molecular flexibility index (Phi) is 3.74. The molecule has 1 aliphatic carbocycles. The Labute approximate surface area is 142 Å². The van der Waals surface area contributed by atoms with Crippen molar-refractivity contribution < 1.29 is 26.7 Å². The van der Waals surface area contributed by atoms with Gasteiger partial charge in [0, 0.05) is 18.2 Å². The van der Waals surface area contributed by atoms with E-state index in [-0.39, 0.29) is 29.9 Å². The van der Waals surface area contributed by atoms with Crippen molar-refractivity contribution in [2.24, 2.45) is 5.92 Å². The molecule has 1 aliphatic rings. The zero-order valence-corrected chi connectivity index (χ0v) is 12.9. The second-order valence-corrected chi connectivity index (χ2v) is 5.83. The maximum absolute atomic E-state index is 14.1. The Hall–Kier alpha value is -2.85. The highest BCUT2D eigenvalue weighted by Gasteiger charge is 2.57. The van der Waals surface area contributed by atoms with Crippen LogP contribution < -0.4 is 4.74 Å². The number of hydrogen-bond acceptors (Lipinski definition) is 5. The number of hydrogen-bond donors (Lipinski definition) is 0. The topological polar surface area (TPSA) is 65.2 Å². The van der Waals surface area contributed by atoms with Crippen LogP contribution >= 0.6 is 0 Å². The Morgan fingerprint density at radius 1 is 1.27 bits per heavy atom. The van der Waals surface area contributed by atoms with Gasteiger partial charge >= 0.3 is 0 Å². The molecule has 3 aromatic rings. The third-order valence-corrected chi connectivity index (χ3v) is 3.96. The Morgan fingerprint density at radius 2 is 2.04 bits per heavy atom. The van der Waals surface area contributed by atoms with Crippen LogP contribution in [0.2, 0.25) is 0 Å². The summed E-state index contributed by atoms with van der Waals surface area (Å²) in [7, 11) is 0. The largest absolute Gasteiger partial charge is 0.475 e. The van der Waals surface area contributed by atoms with Gasteiger partial charge in [0.2, 0.25) is 11.7 Å². The van der Waals surface area contributed by atoms with Gasteiger partial charge < -0.3 is 4.74 Å². The van der Waals surface area contributed by atoms with Crippen LogP contribution in [0.1, 0.15) is 18.7 Å². The lowest BCUT2D eigenvalue weighted by Gasteiger charge is -2.07. The number of fused-ring (bicyclic) bond motifs is 1. The molecule has 0 amide bonds. The van der Waals surface area contributed by atoms with Crippen molar-refractivity contribution in [1.82, 2.24) is 24.8 Å². The highest BCUT2D eigenvalue weighted by molar-refractivity contribution is 5.59. The van der Waals surface area contributed by atoms with Crippen molar-refractivity contribution in [2.75, 3.05) is 6.61 Å². The zero-order valence-electron chi connectivity index (χ0n) is 12.9. The van der Waals surface area contributed by atoms with E-state index >= 15 is 0 Å². The summed E-state index contributed by atoms with van der Waals surface area (Å²) in [5.41, 5.74) is 0.469. The van der Waals surface area contributed by atoms with Crippen molar-refractivity contribution >= 4 is 5.65 Å². The molecule has 4 rings (SSSR count). The average molecular weight is 371 g/mol. The van der Waals surface area contributed by atoms with Gasteiger partial charge in [-0.05, 0) is 18.2 Å². The second kappa shape index (κ2) is 5.85. The number of alkyl halides is 4. The van der Waals surface area contributed by atoms with Crippen LogP contribution in [-0.2, 0) is 0 Å². The number of rotatable bonds is 5. The summed E-state index contributed by atoms with van der Waals surface area (Å²) >= 11 is 0. The molecule has 0 unspecified atom stereocenters. The fraction of sp³-hybridized carbons (Fsp3) is 0.333. The smallest absolute Gasteiger partial charge is 0.299 e. The van der Waals surface area contributed by atoms with Crippen LogP contribution in [-0.4, -0.2) is 37.3 Å². The molecule has 26 heavy (non-hydrogen) atoms. The molecule has 0 N–H and O–H groups in total. The van der Waals surface area contributed by atoms with Crippen LogP contribution in [0.15, 0.2) is 24.4 Å². The first-order chi connectivity index (χ1) is 12.3. The molecule has 1 atom stereocenters. The van der Waals surface area contributed by atoms with Gasteiger partial charge in [-0.1, -0.05) is 0 Å². The third-order valence-electron chi connectivity index (χ3n) is 3.96. The molecule has 136 valence electrons. The lowest BCUT2D eigenvalue weighted by Crippen LogP contribution is -2.08. The van der Waals surface area contributed by atoms with Crippen LogP contribution in [0.3, 0.4) is 0 Å². The molecule has 11 heteroatoms. The third kappa shape index (κ3) is 2.93. The standard InChI is InChI=1S/C15H10F5N5O/c16-9-3-7(5-21-14(9)26-6-8-4-15(8,19)20)10-1-2-11-22-23-13(12(17)18)25(11)24-10/h1-3,5,8,12H,4,6H2/t8-/m0/s1. The first kappa shape index (κ1) is 16.6. The average Bonchev–Trinajstić information content (AvgIpc) is 3.02. The van der Waals surface area contributed by atoms with Crippen LogP contribution in [0.5, 0.6) is 5.88 Å². The van der Waals surface area contributed by atoms with E-state index in [4.69, 9.17) is 4.74 Å². The van der Waals surface area contributed by atoms with Crippen molar-refractivity contribution in [3.63, 3.8) is 0 Å². The maximum Gasteiger partial charge on any atom is 0.299 e. The second-order valence-electron chi connectivity index (χ2n) is 5.83. The minimum Gasteiger partial charge on any atom is -0.475 e. The first-order valence-electron chi connectivity index (χ1n) is 7.52. The summed E-state index contributed by atoms with van der Waals surface area (Å²) in [5.74, 6) is -5.62. The first-order valence-corrected chi connectivity index (χ1v) is 7.52. The number of ether oxygens (including phenoxy) is 1. The van der Waals surface area contributed by atoms with E-state index < -0.39 is 35.8 Å². The Bertz CT molecular complexity index is 976. The lowest BCUT2D eigenvalue weighted by molar-refractivity contribution is 0.0842. The zero-order chi connectivity index (χ0) is 18.5. The fourth-order valence-corrected chi connectivity index (χ4v) is 2.40. The molecule has 0 aliphatic heterocycles. The van der Waals surface area contributed by atoms with Gasteiger partial charge in [0.25, 0.3) is 12.3 Å². The van der Waals surface area contributed by atoms with Crippen LogP contribution in [0.4, 0.5) is 22.0 Å². The van der Waals surface area contributed by atoms with Gasteiger partial charge in [-0.3, -0.25) is 0 Å². The molecular weight excluding hydrogens is 361 g/mol. The van der Waals surface area contributed by atoms with E-state index in [1.165, 1.54) is 18.3 Å². The normalized spacial score (nSPS) is 18.5. The van der Waals surface area contributed by atoms with Crippen molar-refractivity contribution in [2.45, 2.75) is 18.8 Å². The molecule has 0 radical (unpaired) electrons. The highest BCUT2D eigenvalue weighted by Crippen LogP contribution is 2.48. The highest BCUT2D eigenvalue weighted by atomic mass is 19.3. The fourth-order valence-electron chi connectivity index (χ4n) is 2.40. The minimum absolute atomic E-state index is 0.114. The molecule has 6 nitrogen and oxygen atoms in total. The Balaban J connectivity index is 1.58. The molecular formula is C15H10F5N5O. The van der Waals surface area contributed by atoms with Crippen LogP contribution in [0.25, 0.3) is 16.9 Å². The van der Waals surface area contributed by atoms with Gasteiger partial charge in [0.05, 0.1) is 18.2 Å². The number of pyridine rings is 1. The summed E-state index contributed by atoms with van der Waals surface area (Å²) in [6.07, 6.45) is -1.95.